The van der Waals surface area contributed by atoms with Crippen molar-refractivity contribution in [3.05, 3.63) is 65.5 Å². The molecular formula is C21H23FN2O4S. The molecule has 6 nitrogen and oxygen atoms in total. The van der Waals surface area contributed by atoms with Crippen LogP contribution in [0.25, 0.3) is 0 Å². The zero-order chi connectivity index (χ0) is 21.2. The number of carbonyl (C=O) groups is 3. The highest BCUT2D eigenvalue weighted by Gasteiger charge is 2.18. The van der Waals surface area contributed by atoms with E-state index in [4.69, 9.17) is 4.74 Å². The Bertz CT molecular complexity index is 858. The van der Waals surface area contributed by atoms with Crippen molar-refractivity contribution in [1.29, 1.82) is 0 Å². The topological polar surface area (TPSA) is 84.5 Å². The van der Waals surface area contributed by atoms with Crippen LogP contribution in [0.4, 0.5) is 10.1 Å². The van der Waals surface area contributed by atoms with Crippen LogP contribution < -0.4 is 10.6 Å². The summed E-state index contributed by atoms with van der Waals surface area (Å²) in [6.45, 7) is 3.80. The van der Waals surface area contributed by atoms with Crippen molar-refractivity contribution >= 4 is 35.2 Å². The van der Waals surface area contributed by atoms with Gasteiger partial charge in [0.25, 0.3) is 5.91 Å². The van der Waals surface area contributed by atoms with E-state index >= 15 is 0 Å². The summed E-state index contributed by atoms with van der Waals surface area (Å²) in [6.07, 6.45) is -0.944. The van der Waals surface area contributed by atoms with E-state index in [-0.39, 0.29) is 17.2 Å². The average molecular weight is 418 g/mol. The van der Waals surface area contributed by atoms with Crippen molar-refractivity contribution in [2.24, 2.45) is 0 Å². The molecule has 0 saturated carbocycles. The highest BCUT2D eigenvalue weighted by Crippen LogP contribution is 2.13. The van der Waals surface area contributed by atoms with Gasteiger partial charge >= 0.3 is 5.97 Å². The maximum atomic E-state index is 13.5. The molecule has 0 fully saturated rings. The molecule has 2 aromatic carbocycles. The van der Waals surface area contributed by atoms with Gasteiger partial charge in [0.2, 0.25) is 5.91 Å². The highest BCUT2D eigenvalue weighted by atomic mass is 32.2. The molecule has 0 unspecified atom stereocenters. The van der Waals surface area contributed by atoms with Crippen molar-refractivity contribution in [3.8, 4) is 0 Å². The first-order chi connectivity index (χ1) is 13.8. The molecule has 0 spiro atoms. The SMILES string of the molecule is Cc1ccc(CNC(=O)[C@@H](C)OC(=O)CSCC(=O)Nc2ccccc2F)cc1. The van der Waals surface area contributed by atoms with Crippen LogP contribution in [-0.2, 0) is 25.7 Å². The van der Waals surface area contributed by atoms with E-state index in [2.05, 4.69) is 10.6 Å². The Morgan fingerprint density at radius 2 is 1.76 bits per heavy atom. The van der Waals surface area contributed by atoms with Crippen LogP contribution in [0.2, 0.25) is 0 Å². The third kappa shape index (κ3) is 7.95. The van der Waals surface area contributed by atoms with E-state index < -0.39 is 29.7 Å². The standard InChI is InChI=1S/C21H23FN2O4S/c1-14-7-9-16(10-8-14)11-23-21(27)15(2)28-20(26)13-29-12-19(25)24-18-6-4-3-5-17(18)22/h3-10,15H,11-13H2,1-2H3,(H,23,27)(H,24,25)/t15-/m1/s1. The van der Waals surface area contributed by atoms with Gasteiger partial charge in [0, 0.05) is 6.54 Å². The molecule has 8 heteroatoms. The summed E-state index contributed by atoms with van der Waals surface area (Å²) in [6, 6.07) is 13.5. The normalized spacial score (nSPS) is 11.4. The van der Waals surface area contributed by atoms with Gasteiger partial charge in [0.1, 0.15) is 5.82 Å². The maximum absolute atomic E-state index is 13.5. The lowest BCUT2D eigenvalue weighted by Gasteiger charge is -2.13. The molecule has 0 bridgehead atoms. The second-order valence-corrected chi connectivity index (χ2v) is 7.34. The molecule has 0 aromatic heterocycles. The van der Waals surface area contributed by atoms with Crippen molar-refractivity contribution in [3.63, 3.8) is 0 Å². The smallest absolute Gasteiger partial charge is 0.316 e. The van der Waals surface area contributed by atoms with Crippen molar-refractivity contribution < 1.29 is 23.5 Å². The zero-order valence-corrected chi connectivity index (χ0v) is 17.1. The van der Waals surface area contributed by atoms with E-state index in [0.29, 0.717) is 6.54 Å². The van der Waals surface area contributed by atoms with Gasteiger partial charge < -0.3 is 15.4 Å². The quantitative estimate of drug-likeness (QED) is 0.612. The summed E-state index contributed by atoms with van der Waals surface area (Å²) in [4.78, 5) is 35.7. The summed E-state index contributed by atoms with van der Waals surface area (Å²) >= 11 is 1.02. The average Bonchev–Trinajstić information content (AvgIpc) is 2.69. The molecule has 2 rings (SSSR count). The van der Waals surface area contributed by atoms with Gasteiger partial charge in [-0.25, -0.2) is 4.39 Å². The number of hydrogen-bond acceptors (Lipinski definition) is 5. The lowest BCUT2D eigenvalue weighted by Crippen LogP contribution is -2.35. The van der Waals surface area contributed by atoms with E-state index in [1.165, 1.54) is 25.1 Å². The van der Waals surface area contributed by atoms with Crippen LogP contribution in [0.3, 0.4) is 0 Å². The van der Waals surface area contributed by atoms with Crippen LogP contribution >= 0.6 is 11.8 Å². The lowest BCUT2D eigenvalue weighted by molar-refractivity contribution is -0.152. The number of carbonyl (C=O) groups excluding carboxylic acids is 3. The van der Waals surface area contributed by atoms with Crippen molar-refractivity contribution in [2.45, 2.75) is 26.5 Å². The van der Waals surface area contributed by atoms with E-state index in [1.54, 1.807) is 6.07 Å². The van der Waals surface area contributed by atoms with Gasteiger partial charge in [0.15, 0.2) is 6.10 Å². The van der Waals surface area contributed by atoms with Gasteiger partial charge in [-0.1, -0.05) is 42.0 Å². The molecule has 2 aromatic rings. The number of benzene rings is 2. The molecule has 0 aliphatic carbocycles. The summed E-state index contributed by atoms with van der Waals surface area (Å²) in [5.74, 6) is -2.11. The van der Waals surface area contributed by atoms with E-state index in [0.717, 1.165) is 22.9 Å². The number of ether oxygens (including phenoxy) is 1. The number of rotatable bonds is 9. The summed E-state index contributed by atoms with van der Waals surface area (Å²) < 4.78 is 18.6. The number of anilines is 1. The number of nitrogens with one attached hydrogen (secondary N) is 2. The van der Waals surface area contributed by atoms with Crippen molar-refractivity contribution in [1.82, 2.24) is 5.32 Å². The first-order valence-corrected chi connectivity index (χ1v) is 10.2. The second kappa shape index (κ2) is 11.2. The fourth-order valence-corrected chi connectivity index (χ4v) is 2.89. The Morgan fingerprint density at radius 1 is 1.07 bits per heavy atom. The predicted octanol–water partition coefficient (Wildman–Crippen LogP) is 3.05. The van der Waals surface area contributed by atoms with Gasteiger partial charge in [-0.05, 0) is 31.5 Å². The first-order valence-electron chi connectivity index (χ1n) is 9.00. The minimum atomic E-state index is -0.944. The number of amides is 2. The molecule has 1 atom stereocenters. The molecule has 0 radical (unpaired) electrons. The predicted molar refractivity (Wildman–Crippen MR) is 111 cm³/mol. The molecule has 29 heavy (non-hydrogen) atoms. The fraction of sp³-hybridized carbons (Fsp3) is 0.286. The van der Waals surface area contributed by atoms with Gasteiger partial charge in [-0.2, -0.15) is 0 Å². The third-order valence-corrected chi connectivity index (χ3v) is 4.77. The van der Waals surface area contributed by atoms with Gasteiger partial charge in [0.05, 0.1) is 17.2 Å². The van der Waals surface area contributed by atoms with Crippen LogP contribution in [0.5, 0.6) is 0 Å². The number of halogens is 1. The molecule has 154 valence electrons. The maximum Gasteiger partial charge on any atom is 0.316 e. The molecular weight excluding hydrogens is 395 g/mol. The number of para-hydroxylation sites is 1. The van der Waals surface area contributed by atoms with E-state index in [9.17, 15) is 18.8 Å². The first kappa shape index (κ1) is 22.4. The molecule has 0 aliphatic heterocycles. The zero-order valence-electron chi connectivity index (χ0n) is 16.2. The van der Waals surface area contributed by atoms with Crippen LogP contribution in [0.15, 0.2) is 48.5 Å². The van der Waals surface area contributed by atoms with Crippen LogP contribution in [0.1, 0.15) is 18.1 Å². The number of aryl methyl sites for hydroxylation is 1. The molecule has 2 N–H and O–H groups in total. The van der Waals surface area contributed by atoms with Gasteiger partial charge in [-0.15, -0.1) is 11.8 Å². The van der Waals surface area contributed by atoms with Crippen molar-refractivity contribution in [2.75, 3.05) is 16.8 Å². The van der Waals surface area contributed by atoms with E-state index in [1.807, 2.05) is 31.2 Å². The second-order valence-electron chi connectivity index (χ2n) is 6.36. The largest absolute Gasteiger partial charge is 0.452 e. The highest BCUT2D eigenvalue weighted by molar-refractivity contribution is 8.00. The Labute approximate surface area is 173 Å². The summed E-state index contributed by atoms with van der Waals surface area (Å²) in [5.41, 5.74) is 2.15. The lowest BCUT2D eigenvalue weighted by atomic mass is 10.1. The van der Waals surface area contributed by atoms with Gasteiger partial charge in [-0.3, -0.25) is 14.4 Å². The summed E-state index contributed by atoms with van der Waals surface area (Å²) in [5, 5.41) is 5.14. The Morgan fingerprint density at radius 3 is 2.45 bits per heavy atom. The molecule has 2 amide bonds. The monoisotopic (exact) mass is 418 g/mol. The third-order valence-electron chi connectivity index (χ3n) is 3.87. The number of esters is 1. The number of hydrogen-bond donors (Lipinski definition) is 2. The molecule has 0 saturated heterocycles. The summed E-state index contributed by atoms with van der Waals surface area (Å²) in [7, 11) is 0. The molecule has 0 aliphatic rings. The Balaban J connectivity index is 1.65. The fourth-order valence-electron chi connectivity index (χ4n) is 2.30. The minimum Gasteiger partial charge on any atom is -0.452 e. The Hall–Kier alpha value is -2.87. The minimum absolute atomic E-state index is 0.0442. The number of thioether (sulfide) groups is 1. The van der Waals surface area contributed by atoms with Crippen LogP contribution in [-0.4, -0.2) is 35.4 Å². The molecule has 0 heterocycles. The Kier molecular flexibility index (Phi) is 8.67. The van der Waals surface area contributed by atoms with Crippen LogP contribution in [0, 0.1) is 12.7 Å².